The highest BCUT2D eigenvalue weighted by molar-refractivity contribution is 5.42. The van der Waals surface area contributed by atoms with Gasteiger partial charge in [-0.2, -0.15) is 5.26 Å². The molecule has 19 heavy (non-hydrogen) atoms. The Hall–Kier alpha value is -2.27. The molecular weight excluding hydrogens is 234 g/mol. The van der Waals surface area contributed by atoms with E-state index >= 15 is 0 Å². The van der Waals surface area contributed by atoms with Gasteiger partial charge in [0.1, 0.15) is 11.5 Å². The van der Waals surface area contributed by atoms with Crippen molar-refractivity contribution >= 4 is 0 Å². The first kappa shape index (κ1) is 13.2. The van der Waals surface area contributed by atoms with Gasteiger partial charge in [0.05, 0.1) is 11.6 Å². The van der Waals surface area contributed by atoms with Crippen LogP contribution in [0.25, 0.3) is 0 Å². The quantitative estimate of drug-likeness (QED) is 0.778. The van der Waals surface area contributed by atoms with Crippen LogP contribution in [0.3, 0.4) is 0 Å². The molecule has 0 atom stereocenters. The number of hydrogen-bond acceptors (Lipinski definition) is 2. The van der Waals surface area contributed by atoms with Crippen LogP contribution in [0.1, 0.15) is 31.9 Å². The maximum Gasteiger partial charge on any atom is 0.131 e. The fourth-order valence-corrected chi connectivity index (χ4v) is 1.90. The predicted octanol–water partition coefficient (Wildman–Crippen LogP) is 4.65. The number of para-hydroxylation sites is 1. The van der Waals surface area contributed by atoms with E-state index in [2.05, 4.69) is 32.9 Å². The minimum absolute atomic E-state index is 0.0309. The Labute approximate surface area is 114 Å². The lowest BCUT2D eigenvalue weighted by atomic mass is 9.86. The Morgan fingerprint density at radius 2 is 1.58 bits per heavy atom. The normalized spacial score (nSPS) is 10.8. The zero-order valence-electron chi connectivity index (χ0n) is 11.5. The molecule has 0 saturated heterocycles. The highest BCUT2D eigenvalue weighted by atomic mass is 16.5. The fourth-order valence-electron chi connectivity index (χ4n) is 1.90. The molecule has 2 heteroatoms. The topological polar surface area (TPSA) is 33.0 Å². The third-order valence-electron chi connectivity index (χ3n) is 2.91. The smallest absolute Gasteiger partial charge is 0.131 e. The molecule has 0 N–H and O–H groups in total. The summed E-state index contributed by atoms with van der Waals surface area (Å²) in [5.74, 6) is 1.61. The first-order valence-electron chi connectivity index (χ1n) is 6.28. The molecule has 0 amide bonds. The van der Waals surface area contributed by atoms with Crippen LogP contribution >= 0.6 is 0 Å². The summed E-state index contributed by atoms with van der Waals surface area (Å²) in [5.41, 5.74) is 1.83. The van der Waals surface area contributed by atoms with Crippen LogP contribution in [0.4, 0.5) is 0 Å². The summed E-state index contributed by atoms with van der Waals surface area (Å²) in [6.07, 6.45) is 0. The van der Waals surface area contributed by atoms with E-state index in [4.69, 9.17) is 10.00 Å². The van der Waals surface area contributed by atoms with Gasteiger partial charge < -0.3 is 4.74 Å². The molecular formula is C17H17NO. The Morgan fingerprint density at radius 3 is 2.16 bits per heavy atom. The predicted molar refractivity (Wildman–Crippen MR) is 76.4 cm³/mol. The summed E-state index contributed by atoms with van der Waals surface area (Å²) in [6.45, 7) is 6.48. The van der Waals surface area contributed by atoms with Gasteiger partial charge in [0.15, 0.2) is 0 Å². The number of rotatable bonds is 2. The molecule has 0 heterocycles. The summed E-state index contributed by atoms with van der Waals surface area (Å²) < 4.78 is 5.93. The zero-order valence-corrected chi connectivity index (χ0v) is 11.5. The molecule has 0 saturated carbocycles. The summed E-state index contributed by atoms with van der Waals surface area (Å²) in [6, 6.07) is 17.3. The SMILES string of the molecule is CC(C)(C)c1ccccc1Oc1ccc(C#N)cc1. The highest BCUT2D eigenvalue weighted by Gasteiger charge is 2.18. The molecule has 0 aromatic heterocycles. The third kappa shape index (κ3) is 3.14. The molecule has 0 fully saturated rings. The van der Waals surface area contributed by atoms with Gasteiger partial charge in [0.25, 0.3) is 0 Å². The van der Waals surface area contributed by atoms with Gasteiger partial charge in [-0.05, 0) is 35.7 Å². The lowest BCUT2D eigenvalue weighted by molar-refractivity contribution is 0.455. The van der Waals surface area contributed by atoms with Gasteiger partial charge in [0.2, 0.25) is 0 Å². The van der Waals surface area contributed by atoms with Crippen LogP contribution in [-0.2, 0) is 5.41 Å². The average molecular weight is 251 g/mol. The van der Waals surface area contributed by atoms with E-state index in [1.807, 2.05) is 30.3 Å². The van der Waals surface area contributed by atoms with Crippen LogP contribution in [0.15, 0.2) is 48.5 Å². The van der Waals surface area contributed by atoms with Crippen molar-refractivity contribution in [2.45, 2.75) is 26.2 Å². The molecule has 0 radical (unpaired) electrons. The van der Waals surface area contributed by atoms with Gasteiger partial charge in [0, 0.05) is 5.56 Å². The number of nitriles is 1. The monoisotopic (exact) mass is 251 g/mol. The number of ether oxygens (including phenoxy) is 1. The summed E-state index contributed by atoms with van der Waals surface area (Å²) >= 11 is 0. The largest absolute Gasteiger partial charge is 0.457 e. The Kier molecular flexibility index (Phi) is 3.57. The summed E-state index contributed by atoms with van der Waals surface area (Å²) in [4.78, 5) is 0. The molecule has 0 aliphatic rings. The fraction of sp³-hybridized carbons (Fsp3) is 0.235. The van der Waals surface area contributed by atoms with Crippen molar-refractivity contribution in [3.05, 3.63) is 59.7 Å². The minimum Gasteiger partial charge on any atom is -0.457 e. The second-order valence-corrected chi connectivity index (χ2v) is 5.48. The standard InChI is InChI=1S/C17H17NO/c1-17(2,3)15-6-4-5-7-16(15)19-14-10-8-13(12-18)9-11-14/h4-11H,1-3H3. The second kappa shape index (κ2) is 5.16. The van der Waals surface area contributed by atoms with Gasteiger partial charge in [-0.3, -0.25) is 0 Å². The summed E-state index contributed by atoms with van der Waals surface area (Å²) in [7, 11) is 0. The number of benzene rings is 2. The third-order valence-corrected chi connectivity index (χ3v) is 2.91. The first-order valence-corrected chi connectivity index (χ1v) is 6.28. The van der Waals surface area contributed by atoms with Crippen molar-refractivity contribution < 1.29 is 4.74 Å². The van der Waals surface area contributed by atoms with Crippen LogP contribution in [0, 0.1) is 11.3 Å². The second-order valence-electron chi connectivity index (χ2n) is 5.48. The zero-order chi connectivity index (χ0) is 13.9. The molecule has 2 nitrogen and oxygen atoms in total. The number of nitrogens with zero attached hydrogens (tertiary/aromatic N) is 1. The molecule has 0 unspecified atom stereocenters. The molecule has 0 spiro atoms. The highest BCUT2D eigenvalue weighted by Crippen LogP contribution is 2.33. The first-order chi connectivity index (χ1) is 9.00. The van der Waals surface area contributed by atoms with E-state index in [9.17, 15) is 0 Å². The molecule has 2 aromatic rings. The van der Waals surface area contributed by atoms with Gasteiger partial charge in [-0.1, -0.05) is 39.0 Å². The molecule has 2 rings (SSSR count). The molecule has 2 aromatic carbocycles. The number of hydrogen-bond donors (Lipinski definition) is 0. The van der Waals surface area contributed by atoms with Crippen molar-refractivity contribution in [1.29, 1.82) is 5.26 Å². The van der Waals surface area contributed by atoms with Crippen LogP contribution in [-0.4, -0.2) is 0 Å². The Balaban J connectivity index is 2.31. The van der Waals surface area contributed by atoms with Gasteiger partial charge in [-0.15, -0.1) is 0 Å². The van der Waals surface area contributed by atoms with E-state index in [1.165, 1.54) is 5.56 Å². The lowest BCUT2D eigenvalue weighted by Gasteiger charge is -2.22. The maximum atomic E-state index is 8.78. The van der Waals surface area contributed by atoms with E-state index in [-0.39, 0.29) is 5.41 Å². The van der Waals surface area contributed by atoms with Crippen LogP contribution < -0.4 is 4.74 Å². The van der Waals surface area contributed by atoms with Crippen molar-refractivity contribution in [3.8, 4) is 17.6 Å². The van der Waals surface area contributed by atoms with E-state index in [0.29, 0.717) is 5.56 Å². The summed E-state index contributed by atoms with van der Waals surface area (Å²) in [5, 5.41) is 8.78. The lowest BCUT2D eigenvalue weighted by Crippen LogP contribution is -2.12. The average Bonchev–Trinajstić information content (AvgIpc) is 2.39. The van der Waals surface area contributed by atoms with Crippen molar-refractivity contribution in [1.82, 2.24) is 0 Å². The molecule has 0 aliphatic heterocycles. The molecule has 0 bridgehead atoms. The van der Waals surface area contributed by atoms with Gasteiger partial charge in [-0.25, -0.2) is 0 Å². The van der Waals surface area contributed by atoms with E-state index in [0.717, 1.165) is 11.5 Å². The minimum atomic E-state index is 0.0309. The van der Waals surface area contributed by atoms with E-state index in [1.54, 1.807) is 12.1 Å². The van der Waals surface area contributed by atoms with E-state index < -0.39 is 0 Å². The Morgan fingerprint density at radius 1 is 0.947 bits per heavy atom. The van der Waals surface area contributed by atoms with Crippen molar-refractivity contribution in [2.75, 3.05) is 0 Å². The van der Waals surface area contributed by atoms with Crippen molar-refractivity contribution in [3.63, 3.8) is 0 Å². The molecule has 0 aliphatic carbocycles. The Bertz CT molecular complexity index is 600. The van der Waals surface area contributed by atoms with Crippen LogP contribution in [0.2, 0.25) is 0 Å². The van der Waals surface area contributed by atoms with Gasteiger partial charge >= 0.3 is 0 Å². The maximum absolute atomic E-state index is 8.78. The molecule has 96 valence electrons. The van der Waals surface area contributed by atoms with Crippen LogP contribution in [0.5, 0.6) is 11.5 Å². The van der Waals surface area contributed by atoms with Crippen molar-refractivity contribution in [2.24, 2.45) is 0 Å².